The minimum Gasteiger partial charge on any atom is -0.384 e. The van der Waals surface area contributed by atoms with Gasteiger partial charge >= 0.3 is 0 Å². The van der Waals surface area contributed by atoms with Crippen LogP contribution < -0.4 is 11.3 Å². The van der Waals surface area contributed by atoms with E-state index in [1.165, 1.54) is 22.6 Å². The maximum Gasteiger partial charge on any atom is 0.275 e. The van der Waals surface area contributed by atoms with Crippen molar-refractivity contribution in [2.75, 3.05) is 26.8 Å². The van der Waals surface area contributed by atoms with Gasteiger partial charge in [0, 0.05) is 25.1 Å². The number of hydrazine groups is 1. The summed E-state index contributed by atoms with van der Waals surface area (Å²) in [6.07, 6.45) is 1.19. The van der Waals surface area contributed by atoms with Gasteiger partial charge < -0.3 is 4.74 Å². The van der Waals surface area contributed by atoms with E-state index in [4.69, 9.17) is 10.6 Å². The first-order valence-corrected chi connectivity index (χ1v) is 6.85. The third kappa shape index (κ3) is 3.29. The molecule has 3 N–H and O–H groups in total. The van der Waals surface area contributed by atoms with Crippen molar-refractivity contribution in [2.24, 2.45) is 11.8 Å². The molecular weight excluding hydrogens is 250 g/mol. The molecule has 1 fully saturated rings. The second-order valence-electron chi connectivity index (χ2n) is 4.58. The van der Waals surface area contributed by atoms with Crippen LogP contribution in [0.4, 0.5) is 0 Å². The Morgan fingerprint density at radius 1 is 1.67 bits per heavy atom. The van der Waals surface area contributed by atoms with Crippen LogP contribution >= 0.6 is 11.3 Å². The van der Waals surface area contributed by atoms with Crippen molar-refractivity contribution in [3.63, 3.8) is 0 Å². The Bertz CT molecular complexity index is 408. The van der Waals surface area contributed by atoms with Crippen LogP contribution in [0.1, 0.15) is 21.0 Å². The quantitative estimate of drug-likeness (QED) is 0.472. The maximum atomic E-state index is 11.3. The predicted molar refractivity (Wildman–Crippen MR) is 71.2 cm³/mol. The number of methoxy groups -OCH3 is 1. The summed E-state index contributed by atoms with van der Waals surface area (Å²) in [5, 5.41) is 0. The van der Waals surface area contributed by atoms with Gasteiger partial charge in [-0.1, -0.05) is 0 Å². The topological polar surface area (TPSA) is 67.6 Å². The number of likely N-dealkylation sites (tertiary alicyclic amines) is 1. The van der Waals surface area contributed by atoms with Gasteiger partial charge in [-0.25, -0.2) is 5.84 Å². The second-order valence-corrected chi connectivity index (χ2v) is 5.75. The molecule has 0 bridgehead atoms. The number of nitrogens with one attached hydrogen (secondary N) is 1. The molecule has 1 unspecified atom stereocenters. The molecular formula is C12H19N3O2S. The molecule has 1 aliphatic heterocycles. The van der Waals surface area contributed by atoms with Crippen LogP contribution in [-0.4, -0.2) is 37.6 Å². The van der Waals surface area contributed by atoms with Crippen LogP contribution in [0.3, 0.4) is 0 Å². The fourth-order valence-corrected chi connectivity index (χ4v) is 3.26. The normalized spacial score (nSPS) is 20.2. The molecule has 1 aromatic heterocycles. The fourth-order valence-electron chi connectivity index (χ4n) is 2.30. The number of nitrogen functional groups attached to an aromatic ring is 1. The van der Waals surface area contributed by atoms with E-state index in [0.717, 1.165) is 26.2 Å². The Hall–Kier alpha value is -0.950. The molecule has 2 heterocycles. The summed E-state index contributed by atoms with van der Waals surface area (Å²) in [5.41, 5.74) is 2.15. The maximum absolute atomic E-state index is 11.3. The SMILES string of the molecule is COCC1CCN(Cc2ccc(C(=O)NN)s2)C1. The summed E-state index contributed by atoms with van der Waals surface area (Å²) < 4.78 is 5.18. The third-order valence-corrected chi connectivity index (χ3v) is 4.24. The lowest BCUT2D eigenvalue weighted by Crippen LogP contribution is -2.29. The minimum absolute atomic E-state index is 0.218. The zero-order valence-electron chi connectivity index (χ0n) is 10.5. The molecule has 2 rings (SSSR count). The standard InChI is InChI=1S/C12H19N3O2S/c1-17-8-9-4-5-15(6-9)7-10-2-3-11(18-10)12(16)14-13/h2-3,9H,4-8,13H2,1H3,(H,14,16). The number of amides is 1. The van der Waals surface area contributed by atoms with Gasteiger partial charge in [-0.05, 0) is 31.0 Å². The molecule has 100 valence electrons. The van der Waals surface area contributed by atoms with E-state index in [1.807, 2.05) is 12.1 Å². The lowest BCUT2D eigenvalue weighted by atomic mass is 10.1. The second kappa shape index (κ2) is 6.29. The number of rotatable bonds is 5. The van der Waals surface area contributed by atoms with Gasteiger partial charge in [-0.2, -0.15) is 0 Å². The molecule has 0 aliphatic carbocycles. The van der Waals surface area contributed by atoms with Crippen LogP contribution in [0.15, 0.2) is 12.1 Å². The highest BCUT2D eigenvalue weighted by molar-refractivity contribution is 7.14. The van der Waals surface area contributed by atoms with Crippen LogP contribution in [-0.2, 0) is 11.3 Å². The lowest BCUT2D eigenvalue weighted by molar-refractivity contribution is 0.0957. The first-order valence-electron chi connectivity index (χ1n) is 6.04. The fraction of sp³-hybridized carbons (Fsp3) is 0.583. The van der Waals surface area contributed by atoms with E-state index in [1.54, 1.807) is 7.11 Å². The summed E-state index contributed by atoms with van der Waals surface area (Å²) in [6, 6.07) is 3.82. The van der Waals surface area contributed by atoms with Gasteiger partial charge in [0.1, 0.15) is 0 Å². The average molecular weight is 269 g/mol. The number of nitrogens with two attached hydrogens (primary N) is 1. The van der Waals surface area contributed by atoms with Crippen LogP contribution in [0.5, 0.6) is 0 Å². The number of carbonyl (C=O) groups is 1. The molecule has 1 aliphatic rings. The Labute approximate surface area is 111 Å². The highest BCUT2D eigenvalue weighted by Crippen LogP contribution is 2.22. The van der Waals surface area contributed by atoms with Gasteiger partial charge in [0.25, 0.3) is 5.91 Å². The monoisotopic (exact) mass is 269 g/mol. The van der Waals surface area contributed by atoms with Crippen molar-refractivity contribution < 1.29 is 9.53 Å². The van der Waals surface area contributed by atoms with Crippen molar-refractivity contribution in [3.8, 4) is 0 Å². The van der Waals surface area contributed by atoms with Crippen molar-refractivity contribution in [2.45, 2.75) is 13.0 Å². The number of hydrogen-bond donors (Lipinski definition) is 2. The zero-order valence-corrected chi connectivity index (χ0v) is 11.3. The molecule has 0 saturated carbocycles. The largest absolute Gasteiger partial charge is 0.384 e. The molecule has 0 aromatic carbocycles. The van der Waals surface area contributed by atoms with Crippen LogP contribution in [0.25, 0.3) is 0 Å². The van der Waals surface area contributed by atoms with E-state index in [0.29, 0.717) is 10.8 Å². The van der Waals surface area contributed by atoms with E-state index in [2.05, 4.69) is 10.3 Å². The van der Waals surface area contributed by atoms with Gasteiger partial charge in [0.2, 0.25) is 0 Å². The Morgan fingerprint density at radius 2 is 2.50 bits per heavy atom. The van der Waals surface area contributed by atoms with Crippen molar-refractivity contribution in [3.05, 3.63) is 21.9 Å². The minimum atomic E-state index is -0.218. The van der Waals surface area contributed by atoms with Crippen LogP contribution in [0.2, 0.25) is 0 Å². The highest BCUT2D eigenvalue weighted by Gasteiger charge is 2.22. The molecule has 1 atom stereocenters. The van der Waals surface area contributed by atoms with Crippen molar-refractivity contribution in [1.82, 2.24) is 10.3 Å². The molecule has 0 radical (unpaired) electrons. The van der Waals surface area contributed by atoms with Gasteiger partial charge in [-0.15, -0.1) is 11.3 Å². The molecule has 1 aromatic rings. The summed E-state index contributed by atoms with van der Waals surface area (Å²) in [5.74, 6) is 5.53. The summed E-state index contributed by atoms with van der Waals surface area (Å²) >= 11 is 1.50. The van der Waals surface area contributed by atoms with Crippen molar-refractivity contribution in [1.29, 1.82) is 0 Å². The average Bonchev–Trinajstić information content (AvgIpc) is 2.99. The van der Waals surface area contributed by atoms with E-state index in [-0.39, 0.29) is 5.91 Å². The molecule has 0 spiro atoms. The van der Waals surface area contributed by atoms with E-state index >= 15 is 0 Å². The highest BCUT2D eigenvalue weighted by atomic mass is 32.1. The van der Waals surface area contributed by atoms with Gasteiger partial charge in [-0.3, -0.25) is 15.1 Å². The smallest absolute Gasteiger partial charge is 0.275 e. The molecule has 18 heavy (non-hydrogen) atoms. The number of ether oxygens (including phenoxy) is 1. The number of thiophene rings is 1. The predicted octanol–water partition coefficient (Wildman–Crippen LogP) is 0.820. The van der Waals surface area contributed by atoms with Crippen LogP contribution in [0, 0.1) is 5.92 Å². The Kier molecular flexibility index (Phi) is 4.71. The number of hydrogen-bond acceptors (Lipinski definition) is 5. The first-order chi connectivity index (χ1) is 8.72. The van der Waals surface area contributed by atoms with E-state index in [9.17, 15) is 4.79 Å². The Morgan fingerprint density at radius 3 is 3.22 bits per heavy atom. The molecule has 1 saturated heterocycles. The molecule has 5 nitrogen and oxygen atoms in total. The summed E-state index contributed by atoms with van der Waals surface area (Å²) in [4.78, 5) is 15.6. The zero-order chi connectivity index (χ0) is 13.0. The van der Waals surface area contributed by atoms with E-state index < -0.39 is 0 Å². The summed E-state index contributed by atoms with van der Waals surface area (Å²) in [7, 11) is 1.75. The number of carbonyl (C=O) groups excluding carboxylic acids is 1. The lowest BCUT2D eigenvalue weighted by Gasteiger charge is -2.14. The molecule has 1 amide bonds. The third-order valence-electron chi connectivity index (χ3n) is 3.17. The number of nitrogens with zero attached hydrogens (tertiary/aromatic N) is 1. The molecule has 6 heteroatoms. The van der Waals surface area contributed by atoms with Gasteiger partial charge in [0.15, 0.2) is 0 Å². The Balaban J connectivity index is 1.87. The van der Waals surface area contributed by atoms with Crippen molar-refractivity contribution >= 4 is 17.2 Å². The van der Waals surface area contributed by atoms with Gasteiger partial charge in [0.05, 0.1) is 11.5 Å². The first kappa shape index (κ1) is 13.5. The summed E-state index contributed by atoms with van der Waals surface area (Å²) in [6.45, 7) is 3.92.